The van der Waals surface area contributed by atoms with Crippen LogP contribution in [0.1, 0.15) is 34.8 Å². The molecule has 0 saturated heterocycles. The van der Waals surface area contributed by atoms with Crippen LogP contribution >= 0.6 is 0 Å². The smallest absolute Gasteiger partial charge is 0.164 e. The molecule has 1 atom stereocenters. The molecule has 0 fully saturated rings. The van der Waals surface area contributed by atoms with Crippen LogP contribution in [-0.2, 0) is 6.54 Å². The van der Waals surface area contributed by atoms with Gasteiger partial charge in [0.15, 0.2) is 5.78 Å². The van der Waals surface area contributed by atoms with Crippen molar-refractivity contribution >= 4 is 5.78 Å². The minimum Gasteiger partial charge on any atom is -0.349 e. The summed E-state index contributed by atoms with van der Waals surface area (Å²) in [6, 6.07) is 2.00. The largest absolute Gasteiger partial charge is 0.349 e. The van der Waals surface area contributed by atoms with Crippen LogP contribution in [0.5, 0.6) is 0 Å². The number of aromatic nitrogens is 1. The zero-order valence-corrected chi connectivity index (χ0v) is 8.12. The van der Waals surface area contributed by atoms with E-state index in [2.05, 4.69) is 16.1 Å². The maximum absolute atomic E-state index is 11.7. The van der Waals surface area contributed by atoms with Gasteiger partial charge in [-0.05, 0) is 12.5 Å². The molecule has 3 heteroatoms. The Bertz CT molecular complexity index is 381. The molecule has 1 aromatic rings. The molecule has 0 amide bonds. The molecule has 1 N–H and O–H groups in total. The summed E-state index contributed by atoms with van der Waals surface area (Å²) in [6.45, 7) is 3.05. The number of rotatable bonds is 0. The Morgan fingerprint density at radius 1 is 1.50 bits per heavy atom. The molecule has 2 aliphatic rings. The first kappa shape index (κ1) is 8.24. The Morgan fingerprint density at radius 3 is 3.36 bits per heavy atom. The van der Waals surface area contributed by atoms with Gasteiger partial charge in [0.25, 0.3) is 0 Å². The monoisotopic (exact) mass is 190 g/mol. The minimum atomic E-state index is 0.330. The van der Waals surface area contributed by atoms with Gasteiger partial charge in [-0.3, -0.25) is 4.79 Å². The van der Waals surface area contributed by atoms with Gasteiger partial charge < -0.3 is 9.88 Å². The highest BCUT2D eigenvalue weighted by molar-refractivity contribution is 5.98. The Morgan fingerprint density at radius 2 is 2.43 bits per heavy atom. The number of nitrogens with one attached hydrogen (secondary N) is 1. The van der Waals surface area contributed by atoms with E-state index in [1.165, 1.54) is 5.69 Å². The summed E-state index contributed by atoms with van der Waals surface area (Å²) in [5.74, 6) is 0.886. The van der Waals surface area contributed by atoms with E-state index in [1.807, 2.05) is 6.07 Å². The lowest BCUT2D eigenvalue weighted by Crippen LogP contribution is -2.24. The number of Topliss-reactive ketones (excluding diaryl/α,β-unsaturated/α-hetero) is 1. The lowest BCUT2D eigenvalue weighted by Gasteiger charge is -2.21. The van der Waals surface area contributed by atoms with Crippen molar-refractivity contribution in [2.75, 3.05) is 13.1 Å². The molecule has 14 heavy (non-hydrogen) atoms. The van der Waals surface area contributed by atoms with Crippen molar-refractivity contribution in [2.24, 2.45) is 0 Å². The van der Waals surface area contributed by atoms with Crippen molar-refractivity contribution in [3.05, 3.63) is 23.5 Å². The SMILES string of the molecule is O=C1CCC2CNCCn3ccc1c32. The highest BCUT2D eigenvalue weighted by atomic mass is 16.1. The van der Waals surface area contributed by atoms with Gasteiger partial charge in [-0.25, -0.2) is 0 Å². The number of hydrogen-bond donors (Lipinski definition) is 1. The molecular weight excluding hydrogens is 176 g/mol. The predicted molar refractivity (Wildman–Crippen MR) is 53.6 cm³/mol. The fourth-order valence-electron chi connectivity index (χ4n) is 2.62. The number of ketones is 1. The van der Waals surface area contributed by atoms with Crippen LogP contribution in [0.4, 0.5) is 0 Å². The van der Waals surface area contributed by atoms with Gasteiger partial charge in [0.2, 0.25) is 0 Å². The molecule has 0 bridgehead atoms. The lowest BCUT2D eigenvalue weighted by atomic mass is 9.87. The molecule has 0 radical (unpaired) electrons. The van der Waals surface area contributed by atoms with E-state index in [-0.39, 0.29) is 0 Å². The average molecular weight is 190 g/mol. The summed E-state index contributed by atoms with van der Waals surface area (Å²) in [5, 5.41) is 3.43. The van der Waals surface area contributed by atoms with E-state index >= 15 is 0 Å². The topological polar surface area (TPSA) is 34.0 Å². The zero-order valence-electron chi connectivity index (χ0n) is 8.12. The van der Waals surface area contributed by atoms with Crippen molar-refractivity contribution < 1.29 is 4.79 Å². The third kappa shape index (κ3) is 1.05. The van der Waals surface area contributed by atoms with Crippen LogP contribution in [0.2, 0.25) is 0 Å². The lowest BCUT2D eigenvalue weighted by molar-refractivity contribution is 0.0966. The second kappa shape index (κ2) is 2.95. The van der Waals surface area contributed by atoms with Gasteiger partial charge in [0.1, 0.15) is 0 Å². The van der Waals surface area contributed by atoms with Crippen molar-refractivity contribution in [1.29, 1.82) is 0 Å². The molecule has 0 spiro atoms. The molecule has 2 heterocycles. The van der Waals surface area contributed by atoms with Crippen LogP contribution < -0.4 is 5.32 Å². The van der Waals surface area contributed by atoms with Gasteiger partial charge >= 0.3 is 0 Å². The van der Waals surface area contributed by atoms with Gasteiger partial charge in [0.05, 0.1) is 0 Å². The summed E-state index contributed by atoms with van der Waals surface area (Å²) >= 11 is 0. The maximum Gasteiger partial charge on any atom is 0.164 e. The average Bonchev–Trinajstić information content (AvgIpc) is 2.51. The Labute approximate surface area is 83.1 Å². The van der Waals surface area contributed by atoms with E-state index in [0.29, 0.717) is 11.7 Å². The van der Waals surface area contributed by atoms with Crippen LogP contribution in [0.25, 0.3) is 0 Å². The molecule has 3 rings (SSSR count). The summed E-state index contributed by atoms with van der Waals surface area (Å²) < 4.78 is 2.25. The van der Waals surface area contributed by atoms with Crippen molar-refractivity contribution in [1.82, 2.24) is 9.88 Å². The molecule has 1 aliphatic heterocycles. The second-order valence-electron chi connectivity index (χ2n) is 4.17. The summed E-state index contributed by atoms with van der Waals surface area (Å²) in [6.07, 6.45) is 3.81. The molecule has 0 aromatic carbocycles. The third-order valence-corrected chi connectivity index (χ3v) is 3.33. The first-order valence-corrected chi connectivity index (χ1v) is 5.29. The van der Waals surface area contributed by atoms with Crippen molar-refractivity contribution in [3.8, 4) is 0 Å². The quantitative estimate of drug-likeness (QED) is 0.666. The first-order valence-electron chi connectivity index (χ1n) is 5.29. The molecule has 0 saturated carbocycles. The number of hydrogen-bond acceptors (Lipinski definition) is 2. The Balaban J connectivity index is 2.15. The molecule has 1 aliphatic carbocycles. The van der Waals surface area contributed by atoms with Crippen molar-refractivity contribution in [3.63, 3.8) is 0 Å². The summed E-state index contributed by atoms with van der Waals surface area (Å²) in [7, 11) is 0. The first-order chi connectivity index (χ1) is 6.86. The highest BCUT2D eigenvalue weighted by Crippen LogP contribution is 2.32. The van der Waals surface area contributed by atoms with E-state index in [0.717, 1.165) is 38.0 Å². The van der Waals surface area contributed by atoms with E-state index in [4.69, 9.17) is 0 Å². The highest BCUT2D eigenvalue weighted by Gasteiger charge is 2.29. The Kier molecular flexibility index (Phi) is 1.74. The van der Waals surface area contributed by atoms with E-state index < -0.39 is 0 Å². The van der Waals surface area contributed by atoms with Gasteiger partial charge in [0, 0.05) is 49.4 Å². The number of carbonyl (C=O) groups is 1. The number of nitrogens with zero attached hydrogens (tertiary/aromatic N) is 1. The van der Waals surface area contributed by atoms with Crippen molar-refractivity contribution in [2.45, 2.75) is 25.3 Å². The molecular formula is C11H14N2O. The second-order valence-corrected chi connectivity index (χ2v) is 4.17. The number of carbonyl (C=O) groups excluding carboxylic acids is 1. The summed E-state index contributed by atoms with van der Waals surface area (Å²) in [5.41, 5.74) is 2.26. The Hall–Kier alpha value is -1.09. The van der Waals surface area contributed by atoms with Gasteiger partial charge in [-0.2, -0.15) is 0 Å². The van der Waals surface area contributed by atoms with E-state index in [1.54, 1.807) is 0 Å². The van der Waals surface area contributed by atoms with Crippen LogP contribution in [0.3, 0.4) is 0 Å². The van der Waals surface area contributed by atoms with E-state index in [9.17, 15) is 4.79 Å². The zero-order chi connectivity index (χ0) is 9.54. The molecule has 1 aromatic heterocycles. The predicted octanol–water partition coefficient (Wildman–Crippen LogP) is 1.15. The molecule has 74 valence electrons. The fourth-order valence-corrected chi connectivity index (χ4v) is 2.62. The van der Waals surface area contributed by atoms with Gasteiger partial charge in [-0.1, -0.05) is 0 Å². The standard InChI is InChI=1S/C11H14N2O/c14-10-2-1-8-7-12-4-6-13-5-3-9(10)11(8)13/h3,5,8,12H,1-2,4,6-7H2. The normalized spacial score (nSPS) is 25.7. The summed E-state index contributed by atoms with van der Waals surface area (Å²) in [4.78, 5) is 11.7. The van der Waals surface area contributed by atoms with Crippen LogP contribution in [0.15, 0.2) is 12.3 Å². The maximum atomic E-state index is 11.7. The molecule has 1 unspecified atom stereocenters. The van der Waals surface area contributed by atoms with Crippen LogP contribution in [0, 0.1) is 0 Å². The third-order valence-electron chi connectivity index (χ3n) is 3.33. The fraction of sp³-hybridized carbons (Fsp3) is 0.545. The van der Waals surface area contributed by atoms with Gasteiger partial charge in [-0.15, -0.1) is 0 Å². The van der Waals surface area contributed by atoms with Crippen LogP contribution in [-0.4, -0.2) is 23.4 Å². The molecule has 3 nitrogen and oxygen atoms in total. The minimum absolute atomic E-state index is 0.330.